The van der Waals surface area contributed by atoms with Crippen LogP contribution in [0.1, 0.15) is 18.2 Å². The van der Waals surface area contributed by atoms with E-state index in [1.54, 1.807) is 18.2 Å². The largest absolute Gasteiger partial charge is 0.392 e. The summed E-state index contributed by atoms with van der Waals surface area (Å²) in [6.45, 7) is 0. The van der Waals surface area contributed by atoms with Gasteiger partial charge in [-0.3, -0.25) is 0 Å². The van der Waals surface area contributed by atoms with Crippen LogP contribution in [0.4, 0.5) is 17.6 Å². The fourth-order valence-electron chi connectivity index (χ4n) is 1.72. The molecule has 0 heterocycles. The van der Waals surface area contributed by atoms with E-state index in [9.17, 15) is 17.6 Å². The molecule has 0 N–H and O–H groups in total. The zero-order valence-electron chi connectivity index (χ0n) is 8.84. The van der Waals surface area contributed by atoms with Crippen LogP contribution >= 0.6 is 0 Å². The fourth-order valence-corrected chi connectivity index (χ4v) is 1.72. The highest BCUT2D eigenvalue weighted by atomic mass is 19.4. The van der Waals surface area contributed by atoms with Crippen molar-refractivity contribution in [1.82, 2.24) is 0 Å². The number of fused-ring (bicyclic) bond motifs is 1. The molecule has 1 unspecified atom stereocenters. The third-order valence-electron chi connectivity index (χ3n) is 2.55. The second-order valence-electron chi connectivity index (χ2n) is 3.89. The highest BCUT2D eigenvalue weighted by Gasteiger charge is 2.32. The van der Waals surface area contributed by atoms with Crippen molar-refractivity contribution in [2.24, 2.45) is 0 Å². The lowest BCUT2D eigenvalue weighted by molar-refractivity contribution is -0.146. The van der Waals surface area contributed by atoms with Crippen molar-refractivity contribution in [2.45, 2.75) is 18.8 Å². The molecule has 17 heavy (non-hydrogen) atoms. The summed E-state index contributed by atoms with van der Waals surface area (Å²) in [5.74, 6) is 0. The summed E-state index contributed by atoms with van der Waals surface area (Å²) >= 11 is 0. The summed E-state index contributed by atoms with van der Waals surface area (Å²) in [4.78, 5) is 0. The number of halogens is 4. The maximum atomic E-state index is 13.4. The third-order valence-corrected chi connectivity index (χ3v) is 2.55. The number of benzene rings is 2. The molecular weight excluding hydrogens is 232 g/mol. The van der Waals surface area contributed by atoms with Gasteiger partial charge in [-0.25, -0.2) is 4.39 Å². The maximum Gasteiger partial charge on any atom is 0.392 e. The van der Waals surface area contributed by atoms with Gasteiger partial charge in [-0.15, -0.1) is 0 Å². The first-order valence-electron chi connectivity index (χ1n) is 5.15. The molecule has 90 valence electrons. The van der Waals surface area contributed by atoms with Gasteiger partial charge in [0.05, 0.1) is 6.42 Å². The average molecular weight is 242 g/mol. The van der Waals surface area contributed by atoms with Crippen LogP contribution in [0.25, 0.3) is 10.8 Å². The summed E-state index contributed by atoms with van der Waals surface area (Å²) < 4.78 is 49.6. The van der Waals surface area contributed by atoms with Crippen LogP contribution in [-0.4, -0.2) is 6.18 Å². The molecule has 0 spiro atoms. The molecule has 0 fully saturated rings. The predicted octanol–water partition coefficient (Wildman–Crippen LogP) is 4.80. The van der Waals surface area contributed by atoms with E-state index in [0.717, 1.165) is 10.8 Å². The van der Waals surface area contributed by atoms with Crippen LogP contribution in [0, 0.1) is 0 Å². The highest BCUT2D eigenvalue weighted by molar-refractivity contribution is 5.83. The molecule has 0 aromatic heterocycles. The van der Waals surface area contributed by atoms with E-state index in [4.69, 9.17) is 0 Å². The summed E-state index contributed by atoms with van der Waals surface area (Å²) in [5.41, 5.74) is 0.0704. The molecular formula is C13H10F4. The van der Waals surface area contributed by atoms with E-state index in [1.165, 1.54) is 12.1 Å². The molecule has 1 atom stereocenters. The van der Waals surface area contributed by atoms with Crippen molar-refractivity contribution in [1.29, 1.82) is 0 Å². The molecule has 0 aliphatic rings. The van der Waals surface area contributed by atoms with Crippen LogP contribution in [0.2, 0.25) is 0 Å². The third kappa shape index (κ3) is 2.96. The molecule has 0 saturated heterocycles. The Morgan fingerprint density at radius 1 is 0.941 bits per heavy atom. The Hall–Kier alpha value is -1.58. The van der Waals surface area contributed by atoms with E-state index >= 15 is 0 Å². The van der Waals surface area contributed by atoms with Gasteiger partial charge >= 0.3 is 6.18 Å². The van der Waals surface area contributed by atoms with E-state index in [0.29, 0.717) is 0 Å². The smallest absolute Gasteiger partial charge is 0.242 e. The Morgan fingerprint density at radius 3 is 2.24 bits per heavy atom. The van der Waals surface area contributed by atoms with Crippen LogP contribution in [0.3, 0.4) is 0 Å². The summed E-state index contributed by atoms with van der Waals surface area (Å²) in [6, 6.07) is 11.7. The van der Waals surface area contributed by atoms with Gasteiger partial charge in [0, 0.05) is 0 Å². The lowest BCUT2D eigenvalue weighted by Crippen LogP contribution is -2.11. The lowest BCUT2D eigenvalue weighted by Gasteiger charge is -2.12. The molecule has 0 saturated carbocycles. The van der Waals surface area contributed by atoms with Crippen molar-refractivity contribution in [2.75, 3.05) is 0 Å². The van der Waals surface area contributed by atoms with Crippen LogP contribution in [0.5, 0.6) is 0 Å². The highest BCUT2D eigenvalue weighted by Crippen LogP contribution is 2.33. The predicted molar refractivity (Wildman–Crippen MR) is 58.5 cm³/mol. The van der Waals surface area contributed by atoms with Gasteiger partial charge in [0.25, 0.3) is 0 Å². The molecule has 0 aliphatic carbocycles. The Balaban J connectivity index is 2.30. The van der Waals surface area contributed by atoms with Gasteiger partial charge in [-0.2, -0.15) is 13.2 Å². The standard InChI is InChI=1S/C13H10F4/c14-12(8-13(15,16)17)11-6-5-9-3-1-2-4-10(9)7-11/h1-7,12H,8H2. The molecule has 0 radical (unpaired) electrons. The number of hydrogen-bond acceptors (Lipinski definition) is 0. The van der Waals surface area contributed by atoms with Crippen molar-refractivity contribution < 1.29 is 17.6 Å². The number of rotatable bonds is 2. The van der Waals surface area contributed by atoms with Gasteiger partial charge in [0.15, 0.2) is 0 Å². The topological polar surface area (TPSA) is 0 Å². The zero-order chi connectivity index (χ0) is 12.5. The quantitative estimate of drug-likeness (QED) is 0.663. The second kappa shape index (κ2) is 4.35. The molecule has 0 aliphatic heterocycles. The van der Waals surface area contributed by atoms with Crippen molar-refractivity contribution in [3.63, 3.8) is 0 Å². The zero-order valence-corrected chi connectivity index (χ0v) is 8.84. The molecule has 4 heteroatoms. The van der Waals surface area contributed by atoms with Gasteiger partial charge in [-0.1, -0.05) is 36.4 Å². The van der Waals surface area contributed by atoms with E-state index in [2.05, 4.69) is 0 Å². The first kappa shape index (κ1) is 11.9. The SMILES string of the molecule is FC(CC(F)(F)F)c1ccc2ccccc2c1. The Kier molecular flexibility index (Phi) is 3.05. The Labute approximate surface area is 95.9 Å². The molecule has 2 rings (SSSR count). The number of alkyl halides is 4. The van der Waals surface area contributed by atoms with E-state index in [-0.39, 0.29) is 5.56 Å². The monoisotopic (exact) mass is 242 g/mol. The minimum atomic E-state index is -4.48. The minimum absolute atomic E-state index is 0.0704. The normalized spacial score (nSPS) is 13.9. The van der Waals surface area contributed by atoms with E-state index < -0.39 is 18.8 Å². The average Bonchev–Trinajstić information content (AvgIpc) is 2.26. The fraction of sp³-hybridized carbons (Fsp3) is 0.231. The van der Waals surface area contributed by atoms with Crippen molar-refractivity contribution in [3.05, 3.63) is 48.0 Å². The first-order chi connectivity index (χ1) is 7.96. The van der Waals surface area contributed by atoms with Crippen molar-refractivity contribution >= 4 is 10.8 Å². The van der Waals surface area contributed by atoms with Gasteiger partial charge in [0.1, 0.15) is 6.17 Å². The second-order valence-corrected chi connectivity index (χ2v) is 3.89. The maximum absolute atomic E-state index is 13.4. The van der Waals surface area contributed by atoms with Gasteiger partial charge < -0.3 is 0 Å². The molecule has 2 aromatic rings. The Bertz CT molecular complexity index is 516. The Morgan fingerprint density at radius 2 is 1.59 bits per heavy atom. The van der Waals surface area contributed by atoms with Crippen LogP contribution in [-0.2, 0) is 0 Å². The van der Waals surface area contributed by atoms with Crippen LogP contribution in [0.15, 0.2) is 42.5 Å². The summed E-state index contributed by atoms with van der Waals surface area (Å²) in [6.07, 6.45) is -7.92. The van der Waals surface area contributed by atoms with E-state index in [1.807, 2.05) is 12.1 Å². The van der Waals surface area contributed by atoms with Gasteiger partial charge in [0.2, 0.25) is 0 Å². The minimum Gasteiger partial charge on any atom is -0.242 e. The summed E-state index contributed by atoms with van der Waals surface area (Å²) in [7, 11) is 0. The first-order valence-corrected chi connectivity index (χ1v) is 5.15. The lowest BCUT2D eigenvalue weighted by atomic mass is 10.0. The summed E-state index contributed by atoms with van der Waals surface area (Å²) in [5, 5.41) is 1.63. The molecule has 2 aromatic carbocycles. The van der Waals surface area contributed by atoms with Gasteiger partial charge in [-0.05, 0) is 22.4 Å². The van der Waals surface area contributed by atoms with Crippen molar-refractivity contribution in [3.8, 4) is 0 Å². The molecule has 0 nitrogen and oxygen atoms in total. The molecule has 0 bridgehead atoms. The number of hydrogen-bond donors (Lipinski definition) is 0. The van der Waals surface area contributed by atoms with Crippen LogP contribution < -0.4 is 0 Å². The molecule has 0 amide bonds.